The molecule has 1 aromatic rings. The van der Waals surface area contributed by atoms with Gasteiger partial charge in [0, 0.05) is 30.6 Å². The smallest absolute Gasteiger partial charge is 0.228 e. The summed E-state index contributed by atoms with van der Waals surface area (Å²) in [4.78, 5) is 30.0. The van der Waals surface area contributed by atoms with Crippen LogP contribution >= 0.6 is 0 Å². The molecule has 4 heterocycles. The lowest BCUT2D eigenvalue weighted by Gasteiger charge is -2.36. The van der Waals surface area contributed by atoms with Crippen molar-refractivity contribution in [3.05, 3.63) is 17.0 Å². The van der Waals surface area contributed by atoms with Crippen LogP contribution in [-0.2, 0) is 16.1 Å². The summed E-state index contributed by atoms with van der Waals surface area (Å²) in [6.45, 7) is 5.44. The van der Waals surface area contributed by atoms with E-state index >= 15 is 0 Å². The molecule has 1 aliphatic carbocycles. The van der Waals surface area contributed by atoms with Crippen LogP contribution in [0.2, 0.25) is 0 Å². The van der Waals surface area contributed by atoms with Crippen molar-refractivity contribution in [3.8, 4) is 0 Å². The van der Waals surface area contributed by atoms with Crippen molar-refractivity contribution in [2.45, 2.75) is 71.1 Å². The molecule has 1 saturated carbocycles. The quantitative estimate of drug-likeness (QED) is 0.870. The number of fused-ring (bicyclic) bond motifs is 4. The Morgan fingerprint density at radius 2 is 1.89 bits per heavy atom. The Morgan fingerprint density at radius 1 is 1.15 bits per heavy atom. The van der Waals surface area contributed by atoms with Gasteiger partial charge in [-0.1, -0.05) is 5.16 Å². The van der Waals surface area contributed by atoms with Crippen LogP contribution in [0.4, 0.5) is 0 Å². The lowest BCUT2D eigenvalue weighted by molar-refractivity contribution is -0.140. The largest absolute Gasteiger partial charge is 0.393 e. The number of nitrogens with zero attached hydrogens (tertiary/aromatic N) is 3. The van der Waals surface area contributed by atoms with E-state index in [0.717, 1.165) is 42.7 Å². The third-order valence-corrected chi connectivity index (χ3v) is 6.66. The van der Waals surface area contributed by atoms with Crippen LogP contribution in [0.3, 0.4) is 0 Å². The van der Waals surface area contributed by atoms with Crippen molar-refractivity contribution in [2.75, 3.05) is 13.1 Å². The molecule has 2 amide bonds. The zero-order valence-corrected chi connectivity index (χ0v) is 16.2. The summed E-state index contributed by atoms with van der Waals surface area (Å²) in [5.41, 5.74) is 1.81. The number of rotatable bonds is 3. The van der Waals surface area contributed by atoms with E-state index in [0.29, 0.717) is 32.5 Å². The second-order valence-corrected chi connectivity index (χ2v) is 8.45. The molecule has 1 N–H and O–H groups in total. The van der Waals surface area contributed by atoms with Crippen molar-refractivity contribution in [3.63, 3.8) is 0 Å². The standard InChI is InChI=1S/C20H29N3O4/c1-12-18(13(2)27-21-12)11-23-16-6-3-15(20(23)26)9-22(10-16)19(25)14-4-7-17(24)8-5-14/h14-17,24H,3-11H2,1-2H3/t14?,15-,16+,17?/m1/s1. The maximum absolute atomic E-state index is 13.1. The van der Waals surface area contributed by atoms with Crippen molar-refractivity contribution in [2.24, 2.45) is 11.8 Å². The molecule has 0 aromatic carbocycles. The topological polar surface area (TPSA) is 86.9 Å². The predicted molar refractivity (Wildman–Crippen MR) is 97.6 cm³/mol. The number of aliphatic hydroxyl groups excluding tert-OH is 1. The number of carbonyl (C=O) groups excluding carboxylic acids is 2. The summed E-state index contributed by atoms with van der Waals surface area (Å²) >= 11 is 0. The molecule has 2 atom stereocenters. The average Bonchev–Trinajstić information content (AvgIpc) is 2.83. The monoisotopic (exact) mass is 375 g/mol. The molecular weight excluding hydrogens is 346 g/mol. The number of aryl methyl sites for hydroxylation is 2. The van der Waals surface area contributed by atoms with Crippen molar-refractivity contribution in [1.29, 1.82) is 0 Å². The number of hydrogen-bond acceptors (Lipinski definition) is 5. The highest BCUT2D eigenvalue weighted by atomic mass is 16.5. The highest BCUT2D eigenvalue weighted by Crippen LogP contribution is 2.33. The lowest BCUT2D eigenvalue weighted by Crippen LogP contribution is -2.47. The molecule has 0 spiro atoms. The van der Waals surface area contributed by atoms with Gasteiger partial charge in [0.1, 0.15) is 5.76 Å². The van der Waals surface area contributed by atoms with Gasteiger partial charge in [-0.25, -0.2) is 0 Å². The molecule has 0 radical (unpaired) electrons. The summed E-state index contributed by atoms with van der Waals surface area (Å²) < 4.78 is 5.26. The van der Waals surface area contributed by atoms with Gasteiger partial charge in [0.2, 0.25) is 11.8 Å². The molecule has 2 bridgehead atoms. The minimum atomic E-state index is -0.263. The van der Waals surface area contributed by atoms with Gasteiger partial charge < -0.3 is 19.4 Å². The second kappa shape index (κ2) is 7.26. The van der Waals surface area contributed by atoms with Crippen LogP contribution in [0.1, 0.15) is 55.5 Å². The summed E-state index contributed by atoms with van der Waals surface area (Å²) in [6.07, 6.45) is 4.44. The zero-order valence-electron chi connectivity index (χ0n) is 16.2. The van der Waals surface area contributed by atoms with Crippen molar-refractivity contribution in [1.82, 2.24) is 15.0 Å². The molecule has 1 aromatic heterocycles. The summed E-state index contributed by atoms with van der Waals surface area (Å²) in [5, 5.41) is 13.7. The van der Waals surface area contributed by atoms with E-state index in [1.165, 1.54) is 0 Å². The van der Waals surface area contributed by atoms with Gasteiger partial charge in [0.05, 0.1) is 24.3 Å². The minimum Gasteiger partial charge on any atom is -0.393 e. The van der Waals surface area contributed by atoms with E-state index < -0.39 is 0 Å². The number of aliphatic hydroxyl groups is 1. The maximum Gasteiger partial charge on any atom is 0.228 e. The van der Waals surface area contributed by atoms with Crippen LogP contribution in [0.25, 0.3) is 0 Å². The Labute approximate surface area is 159 Å². The Balaban J connectivity index is 1.49. The zero-order chi connectivity index (χ0) is 19.1. The predicted octanol–water partition coefficient (Wildman–Crippen LogP) is 1.79. The normalized spacial score (nSPS) is 31.3. The second-order valence-electron chi connectivity index (χ2n) is 8.45. The van der Waals surface area contributed by atoms with Crippen LogP contribution in [0.5, 0.6) is 0 Å². The molecule has 7 heteroatoms. The van der Waals surface area contributed by atoms with Gasteiger partial charge in [-0.05, 0) is 52.4 Å². The molecule has 5 rings (SSSR count). The first-order chi connectivity index (χ1) is 12.9. The number of hydrogen-bond donors (Lipinski definition) is 1. The number of amides is 2. The Kier molecular flexibility index (Phi) is 4.97. The molecule has 4 aliphatic rings. The van der Waals surface area contributed by atoms with Gasteiger partial charge in [0.25, 0.3) is 0 Å². The SMILES string of the molecule is Cc1noc(C)c1CN1C(=O)[C@@H]2CC[C@H]1CN(C(=O)C1CCC(O)CC1)C2. The number of piperidine rings is 1. The first-order valence-electron chi connectivity index (χ1n) is 10.1. The van der Waals surface area contributed by atoms with Gasteiger partial charge >= 0.3 is 0 Å². The van der Waals surface area contributed by atoms with E-state index in [2.05, 4.69) is 5.16 Å². The van der Waals surface area contributed by atoms with E-state index in [9.17, 15) is 14.7 Å². The summed E-state index contributed by atoms with van der Waals surface area (Å²) in [6, 6.07) is 0.0584. The van der Waals surface area contributed by atoms with E-state index in [-0.39, 0.29) is 35.8 Å². The fourth-order valence-corrected chi connectivity index (χ4v) is 4.91. The molecule has 4 fully saturated rings. The van der Waals surface area contributed by atoms with Gasteiger partial charge in [0.15, 0.2) is 0 Å². The van der Waals surface area contributed by atoms with Crippen molar-refractivity contribution >= 4 is 11.8 Å². The highest BCUT2D eigenvalue weighted by molar-refractivity contribution is 5.84. The van der Waals surface area contributed by atoms with E-state index in [4.69, 9.17) is 4.52 Å². The summed E-state index contributed by atoms with van der Waals surface area (Å²) in [5.74, 6) is 0.972. The number of aromatic nitrogens is 1. The van der Waals surface area contributed by atoms with Gasteiger partial charge in [-0.15, -0.1) is 0 Å². The molecule has 7 nitrogen and oxygen atoms in total. The highest BCUT2D eigenvalue weighted by Gasteiger charge is 2.43. The Bertz CT molecular complexity index is 703. The third kappa shape index (κ3) is 3.49. The van der Waals surface area contributed by atoms with Gasteiger partial charge in [-0.2, -0.15) is 0 Å². The van der Waals surface area contributed by atoms with Crippen molar-refractivity contribution < 1.29 is 19.2 Å². The Morgan fingerprint density at radius 3 is 2.56 bits per heavy atom. The minimum absolute atomic E-state index is 0.00276. The van der Waals surface area contributed by atoms with Crippen LogP contribution in [0, 0.1) is 25.7 Å². The molecule has 3 saturated heterocycles. The van der Waals surface area contributed by atoms with Gasteiger partial charge in [-0.3, -0.25) is 9.59 Å². The third-order valence-electron chi connectivity index (χ3n) is 6.66. The maximum atomic E-state index is 13.1. The molecule has 148 valence electrons. The fraction of sp³-hybridized carbons (Fsp3) is 0.750. The van der Waals surface area contributed by atoms with Crippen LogP contribution in [-0.4, -0.2) is 57.1 Å². The van der Waals surface area contributed by atoms with E-state index in [1.54, 1.807) is 0 Å². The van der Waals surface area contributed by atoms with E-state index in [1.807, 2.05) is 23.6 Å². The Hall–Kier alpha value is -1.89. The molecule has 0 unspecified atom stereocenters. The molecule has 27 heavy (non-hydrogen) atoms. The molecule has 3 aliphatic heterocycles. The average molecular weight is 375 g/mol. The number of carbonyl (C=O) groups is 2. The molecular formula is C20H29N3O4. The van der Waals surface area contributed by atoms with Crippen LogP contribution < -0.4 is 0 Å². The first kappa shape index (κ1) is 18.5. The summed E-state index contributed by atoms with van der Waals surface area (Å²) in [7, 11) is 0. The first-order valence-corrected chi connectivity index (χ1v) is 10.1. The van der Waals surface area contributed by atoms with Crippen LogP contribution in [0.15, 0.2) is 4.52 Å². The fourth-order valence-electron chi connectivity index (χ4n) is 4.91. The lowest BCUT2D eigenvalue weighted by atomic mass is 9.86.